The summed E-state index contributed by atoms with van der Waals surface area (Å²) >= 11 is 0. The van der Waals surface area contributed by atoms with E-state index in [9.17, 15) is 9.59 Å². The SMILES string of the molecule is O=C1N=c2ccc3[nH]c4ccccc4c3c2=NC1=O. The summed E-state index contributed by atoms with van der Waals surface area (Å²) in [6.45, 7) is 0. The molecule has 0 atom stereocenters. The Morgan fingerprint density at radius 3 is 2.53 bits per heavy atom. The number of hydrogen-bond donors (Lipinski definition) is 1. The van der Waals surface area contributed by atoms with Crippen molar-refractivity contribution < 1.29 is 9.59 Å². The maximum Gasteiger partial charge on any atom is 0.338 e. The molecule has 0 fully saturated rings. The molecule has 2 aromatic carbocycles. The van der Waals surface area contributed by atoms with E-state index >= 15 is 0 Å². The van der Waals surface area contributed by atoms with E-state index in [0.29, 0.717) is 10.7 Å². The van der Waals surface area contributed by atoms with Crippen LogP contribution in [-0.4, -0.2) is 16.8 Å². The van der Waals surface area contributed by atoms with Gasteiger partial charge in [-0.25, -0.2) is 9.98 Å². The van der Waals surface area contributed by atoms with Crippen molar-refractivity contribution >= 4 is 33.6 Å². The van der Waals surface area contributed by atoms with Crippen LogP contribution in [0.4, 0.5) is 0 Å². The van der Waals surface area contributed by atoms with E-state index in [1.807, 2.05) is 30.3 Å². The van der Waals surface area contributed by atoms with Crippen LogP contribution in [0.25, 0.3) is 21.8 Å². The molecular weight excluding hydrogens is 242 g/mol. The van der Waals surface area contributed by atoms with Crippen molar-refractivity contribution in [2.24, 2.45) is 9.98 Å². The average Bonchev–Trinajstić information content (AvgIpc) is 2.79. The lowest BCUT2D eigenvalue weighted by atomic mass is 10.1. The third-order valence-electron chi connectivity index (χ3n) is 3.24. The third-order valence-corrected chi connectivity index (χ3v) is 3.24. The standard InChI is InChI=1S/C14H7N3O2/c18-13-14(19)17-12-10(16-13)6-5-9-11(12)7-3-1-2-4-8(7)15-9/h1-6,15H. The highest BCUT2D eigenvalue weighted by Crippen LogP contribution is 2.21. The van der Waals surface area contributed by atoms with E-state index in [1.165, 1.54) is 0 Å². The highest BCUT2D eigenvalue weighted by Gasteiger charge is 2.17. The summed E-state index contributed by atoms with van der Waals surface area (Å²) in [5.74, 6) is -1.63. The minimum absolute atomic E-state index is 0.446. The zero-order chi connectivity index (χ0) is 13.0. The molecule has 1 aliphatic heterocycles. The number of nitrogens with zero attached hydrogens (tertiary/aromatic N) is 2. The molecule has 3 aromatic rings. The van der Waals surface area contributed by atoms with Gasteiger partial charge in [0.1, 0.15) is 5.36 Å². The maximum atomic E-state index is 11.4. The number of rotatable bonds is 0. The van der Waals surface area contributed by atoms with Crippen LogP contribution in [-0.2, 0) is 9.59 Å². The lowest BCUT2D eigenvalue weighted by molar-refractivity contribution is -0.135. The fraction of sp³-hybridized carbons (Fsp3) is 0. The van der Waals surface area contributed by atoms with Crippen molar-refractivity contribution in [2.75, 3.05) is 0 Å². The predicted molar refractivity (Wildman–Crippen MR) is 68.1 cm³/mol. The Bertz CT molecular complexity index is 999. The van der Waals surface area contributed by atoms with Crippen molar-refractivity contribution in [3.63, 3.8) is 0 Å². The van der Waals surface area contributed by atoms with Gasteiger partial charge in [-0.15, -0.1) is 0 Å². The van der Waals surface area contributed by atoms with Crippen LogP contribution in [0.1, 0.15) is 0 Å². The lowest BCUT2D eigenvalue weighted by Crippen LogP contribution is -2.34. The molecule has 5 nitrogen and oxygen atoms in total. The number of benzene rings is 2. The van der Waals surface area contributed by atoms with E-state index in [0.717, 1.165) is 21.8 Å². The van der Waals surface area contributed by atoms with Gasteiger partial charge in [-0.3, -0.25) is 9.59 Å². The lowest BCUT2D eigenvalue weighted by Gasteiger charge is -1.98. The molecule has 0 radical (unpaired) electrons. The van der Waals surface area contributed by atoms with Crippen LogP contribution < -0.4 is 10.7 Å². The zero-order valence-corrected chi connectivity index (χ0v) is 9.68. The van der Waals surface area contributed by atoms with Crippen molar-refractivity contribution in [2.45, 2.75) is 0 Å². The normalized spacial score (nSPS) is 14.3. The van der Waals surface area contributed by atoms with Crippen LogP contribution in [0.2, 0.25) is 0 Å². The molecule has 0 unspecified atom stereocenters. The van der Waals surface area contributed by atoms with Gasteiger partial charge in [-0.2, -0.15) is 0 Å². The number of fused-ring (bicyclic) bond motifs is 5. The minimum Gasteiger partial charge on any atom is -0.354 e. The van der Waals surface area contributed by atoms with Gasteiger partial charge in [-0.05, 0) is 18.2 Å². The average molecular weight is 249 g/mol. The fourth-order valence-corrected chi connectivity index (χ4v) is 2.42. The van der Waals surface area contributed by atoms with Gasteiger partial charge in [-0.1, -0.05) is 18.2 Å². The van der Waals surface area contributed by atoms with Crippen LogP contribution in [0, 0.1) is 0 Å². The molecule has 2 amide bonds. The number of aromatic nitrogens is 1. The highest BCUT2D eigenvalue weighted by molar-refractivity contribution is 6.36. The summed E-state index contributed by atoms with van der Waals surface area (Å²) < 4.78 is 0. The molecule has 1 aromatic heterocycles. The molecule has 0 saturated heterocycles. The Labute approximate surface area is 106 Å². The number of carbonyl (C=O) groups is 2. The molecule has 0 saturated carbocycles. The Hall–Kier alpha value is -2.82. The van der Waals surface area contributed by atoms with Gasteiger partial charge in [0.25, 0.3) is 0 Å². The van der Waals surface area contributed by atoms with Crippen molar-refractivity contribution in [3.8, 4) is 0 Å². The summed E-state index contributed by atoms with van der Waals surface area (Å²) in [5.41, 5.74) is 1.84. The summed E-state index contributed by atoms with van der Waals surface area (Å²) in [4.78, 5) is 33.6. The number of nitrogens with one attached hydrogen (secondary N) is 1. The second-order valence-corrected chi connectivity index (χ2v) is 4.36. The third kappa shape index (κ3) is 1.29. The van der Waals surface area contributed by atoms with Crippen LogP contribution in [0.3, 0.4) is 0 Å². The molecule has 1 aliphatic rings. The predicted octanol–water partition coefficient (Wildman–Crippen LogP) is 0.627. The van der Waals surface area contributed by atoms with Crippen molar-refractivity contribution in [1.82, 2.24) is 4.98 Å². The van der Waals surface area contributed by atoms with Gasteiger partial charge in [0, 0.05) is 21.8 Å². The molecule has 90 valence electrons. The number of carbonyl (C=O) groups excluding carboxylic acids is 2. The van der Waals surface area contributed by atoms with Crippen LogP contribution >= 0.6 is 0 Å². The number of H-pyrrole nitrogens is 1. The largest absolute Gasteiger partial charge is 0.354 e. The molecule has 19 heavy (non-hydrogen) atoms. The second kappa shape index (κ2) is 3.35. The summed E-state index contributed by atoms with van der Waals surface area (Å²) in [7, 11) is 0. The monoisotopic (exact) mass is 249 g/mol. The first-order valence-corrected chi connectivity index (χ1v) is 5.79. The molecule has 2 heterocycles. The van der Waals surface area contributed by atoms with Crippen LogP contribution in [0.5, 0.6) is 0 Å². The molecule has 1 N–H and O–H groups in total. The molecule has 0 aliphatic carbocycles. The van der Waals surface area contributed by atoms with E-state index < -0.39 is 11.8 Å². The maximum absolute atomic E-state index is 11.4. The zero-order valence-electron chi connectivity index (χ0n) is 9.68. The first-order valence-electron chi connectivity index (χ1n) is 5.79. The summed E-state index contributed by atoms with van der Waals surface area (Å²) in [6, 6.07) is 11.3. The number of hydrogen-bond acceptors (Lipinski definition) is 2. The van der Waals surface area contributed by atoms with Gasteiger partial charge in [0.15, 0.2) is 0 Å². The van der Waals surface area contributed by atoms with Crippen molar-refractivity contribution in [3.05, 3.63) is 47.1 Å². The van der Waals surface area contributed by atoms with Crippen LogP contribution in [0.15, 0.2) is 46.4 Å². The Morgan fingerprint density at radius 1 is 0.842 bits per heavy atom. The van der Waals surface area contributed by atoms with Gasteiger partial charge >= 0.3 is 11.8 Å². The topological polar surface area (TPSA) is 74.7 Å². The number of amides is 2. The van der Waals surface area contributed by atoms with Gasteiger partial charge < -0.3 is 4.98 Å². The molecule has 4 rings (SSSR count). The first-order chi connectivity index (χ1) is 9.24. The van der Waals surface area contributed by atoms with E-state index in [2.05, 4.69) is 15.0 Å². The Balaban J connectivity index is 2.35. The van der Waals surface area contributed by atoms with Gasteiger partial charge in [0.05, 0.1) is 5.36 Å². The number of aromatic amines is 1. The second-order valence-electron chi connectivity index (χ2n) is 4.36. The van der Waals surface area contributed by atoms with E-state index in [4.69, 9.17) is 0 Å². The summed E-state index contributed by atoms with van der Waals surface area (Å²) in [6.07, 6.45) is 0. The van der Waals surface area contributed by atoms with E-state index in [-0.39, 0.29) is 0 Å². The molecule has 5 heteroatoms. The van der Waals surface area contributed by atoms with Gasteiger partial charge in [0.2, 0.25) is 0 Å². The first kappa shape index (κ1) is 10.1. The Morgan fingerprint density at radius 2 is 1.63 bits per heavy atom. The quantitative estimate of drug-likeness (QED) is 0.593. The minimum atomic E-state index is -0.815. The molecule has 0 spiro atoms. The number of para-hydroxylation sites is 1. The fourth-order valence-electron chi connectivity index (χ4n) is 2.42. The van der Waals surface area contributed by atoms with E-state index in [1.54, 1.807) is 6.07 Å². The molecule has 0 bridgehead atoms. The summed E-state index contributed by atoms with van der Waals surface area (Å²) in [5, 5.41) is 2.72. The Kier molecular flexibility index (Phi) is 1.79. The highest BCUT2D eigenvalue weighted by atomic mass is 16.2. The van der Waals surface area contributed by atoms with Crippen molar-refractivity contribution in [1.29, 1.82) is 0 Å². The molecular formula is C14H7N3O2. The smallest absolute Gasteiger partial charge is 0.338 e.